The molecule has 0 saturated carbocycles. The van der Waals surface area contributed by atoms with E-state index in [0.29, 0.717) is 48.9 Å². The summed E-state index contributed by atoms with van der Waals surface area (Å²) >= 11 is 0. The number of carbonyl (C=O) groups is 1. The van der Waals surface area contributed by atoms with Gasteiger partial charge in [0.25, 0.3) is 5.91 Å². The Morgan fingerprint density at radius 3 is 2.84 bits per heavy atom. The van der Waals surface area contributed by atoms with Crippen LogP contribution in [-0.4, -0.2) is 57.9 Å². The monoisotopic (exact) mass is 420 g/mol. The van der Waals surface area contributed by atoms with E-state index in [0.717, 1.165) is 5.56 Å². The van der Waals surface area contributed by atoms with Crippen LogP contribution in [0.3, 0.4) is 0 Å². The Labute approximate surface area is 178 Å². The number of aryl methyl sites for hydroxylation is 1. The molecule has 9 heteroatoms. The summed E-state index contributed by atoms with van der Waals surface area (Å²) in [7, 11) is 1.75. The van der Waals surface area contributed by atoms with E-state index in [1.165, 1.54) is 18.3 Å². The van der Waals surface area contributed by atoms with Crippen molar-refractivity contribution in [1.29, 1.82) is 5.26 Å². The molecule has 1 aliphatic heterocycles. The van der Waals surface area contributed by atoms with Gasteiger partial charge in [0.05, 0.1) is 24.8 Å². The maximum atomic E-state index is 13.4. The van der Waals surface area contributed by atoms with Gasteiger partial charge in [-0.05, 0) is 29.8 Å². The molecule has 1 fully saturated rings. The van der Waals surface area contributed by atoms with E-state index in [1.54, 1.807) is 47.1 Å². The molecule has 2 aromatic heterocycles. The number of aromatic nitrogens is 3. The number of anilines is 1. The second kappa shape index (κ2) is 8.93. The van der Waals surface area contributed by atoms with Crippen LogP contribution in [0.15, 0.2) is 48.8 Å². The second-order valence-electron chi connectivity index (χ2n) is 7.22. The third-order valence-corrected chi connectivity index (χ3v) is 5.09. The van der Waals surface area contributed by atoms with Crippen molar-refractivity contribution < 1.29 is 13.9 Å². The zero-order chi connectivity index (χ0) is 21.8. The number of nitriles is 1. The number of carbonyl (C=O) groups excluding carboxylic acids is 1. The number of hydrogen-bond acceptors (Lipinski definition) is 6. The minimum atomic E-state index is -0.337. The van der Waals surface area contributed by atoms with Crippen molar-refractivity contribution in [3.8, 4) is 17.2 Å². The van der Waals surface area contributed by atoms with Gasteiger partial charge in [-0.1, -0.05) is 12.1 Å². The molecule has 4 rings (SSSR count). The smallest absolute Gasteiger partial charge is 0.275 e. The Balaban J connectivity index is 1.53. The molecule has 1 amide bonds. The molecule has 0 radical (unpaired) electrons. The molecule has 1 N–H and O–H groups in total. The van der Waals surface area contributed by atoms with Gasteiger partial charge in [-0.3, -0.25) is 9.48 Å². The van der Waals surface area contributed by atoms with Gasteiger partial charge in [0.2, 0.25) is 0 Å². The molecular formula is C22H21FN6O2. The third kappa shape index (κ3) is 4.54. The normalized spacial score (nSPS) is 16.0. The van der Waals surface area contributed by atoms with Gasteiger partial charge in [-0.15, -0.1) is 0 Å². The first kappa shape index (κ1) is 20.5. The third-order valence-electron chi connectivity index (χ3n) is 5.09. The van der Waals surface area contributed by atoms with Crippen molar-refractivity contribution in [3.63, 3.8) is 0 Å². The van der Waals surface area contributed by atoms with Gasteiger partial charge in [0.1, 0.15) is 17.7 Å². The van der Waals surface area contributed by atoms with E-state index in [4.69, 9.17) is 10.00 Å². The first-order valence-electron chi connectivity index (χ1n) is 9.83. The molecule has 1 aliphatic rings. The van der Waals surface area contributed by atoms with Gasteiger partial charge in [-0.25, -0.2) is 9.37 Å². The van der Waals surface area contributed by atoms with Crippen LogP contribution >= 0.6 is 0 Å². The fraction of sp³-hybridized carbons (Fsp3) is 0.273. The van der Waals surface area contributed by atoms with E-state index in [2.05, 4.69) is 15.4 Å². The Kier molecular flexibility index (Phi) is 5.91. The molecule has 1 unspecified atom stereocenters. The van der Waals surface area contributed by atoms with Gasteiger partial charge < -0.3 is 15.0 Å². The van der Waals surface area contributed by atoms with Crippen molar-refractivity contribution >= 4 is 11.7 Å². The molecule has 0 bridgehead atoms. The van der Waals surface area contributed by atoms with Crippen molar-refractivity contribution in [2.45, 2.75) is 6.04 Å². The first-order chi connectivity index (χ1) is 15.0. The number of ether oxygens (including phenoxy) is 1. The average Bonchev–Trinajstić information content (AvgIpc) is 3.20. The lowest BCUT2D eigenvalue weighted by molar-refractivity contribution is 0.00165. The highest BCUT2D eigenvalue weighted by molar-refractivity contribution is 5.99. The van der Waals surface area contributed by atoms with Crippen LogP contribution < -0.4 is 5.32 Å². The number of pyridine rings is 1. The Morgan fingerprint density at radius 1 is 1.32 bits per heavy atom. The highest BCUT2D eigenvalue weighted by atomic mass is 19.1. The number of morpholine rings is 1. The number of halogens is 1. The summed E-state index contributed by atoms with van der Waals surface area (Å²) in [5, 5.41) is 16.5. The van der Waals surface area contributed by atoms with Gasteiger partial charge in [-0.2, -0.15) is 10.4 Å². The summed E-state index contributed by atoms with van der Waals surface area (Å²) in [5.74, 6) is 0.0702. The van der Waals surface area contributed by atoms with Gasteiger partial charge >= 0.3 is 0 Å². The molecule has 1 saturated heterocycles. The summed E-state index contributed by atoms with van der Waals surface area (Å²) in [5.41, 5.74) is 2.17. The maximum Gasteiger partial charge on any atom is 0.275 e. The highest BCUT2D eigenvalue weighted by Gasteiger charge is 2.31. The van der Waals surface area contributed by atoms with Crippen molar-refractivity contribution in [1.82, 2.24) is 19.7 Å². The summed E-state index contributed by atoms with van der Waals surface area (Å²) in [6, 6.07) is 11.2. The fourth-order valence-corrected chi connectivity index (χ4v) is 3.50. The van der Waals surface area contributed by atoms with Crippen LogP contribution in [0.2, 0.25) is 0 Å². The molecule has 3 heterocycles. The fourth-order valence-electron chi connectivity index (χ4n) is 3.50. The van der Waals surface area contributed by atoms with Crippen molar-refractivity contribution in [2.75, 3.05) is 31.6 Å². The lowest BCUT2D eigenvalue weighted by Crippen LogP contribution is -2.52. The van der Waals surface area contributed by atoms with Crippen molar-refractivity contribution in [2.24, 2.45) is 7.05 Å². The summed E-state index contributed by atoms with van der Waals surface area (Å²) in [4.78, 5) is 19.4. The quantitative estimate of drug-likeness (QED) is 0.681. The minimum absolute atomic E-state index is 0.206. The van der Waals surface area contributed by atoms with E-state index in [-0.39, 0.29) is 17.8 Å². The molecule has 0 aliphatic carbocycles. The topological polar surface area (TPSA) is 96.1 Å². The Bertz CT molecular complexity index is 1100. The molecule has 1 atom stereocenters. The van der Waals surface area contributed by atoms with Crippen LogP contribution in [0.4, 0.5) is 10.2 Å². The molecule has 1 aromatic carbocycles. The van der Waals surface area contributed by atoms with E-state index in [9.17, 15) is 9.18 Å². The molecule has 0 spiro atoms. The van der Waals surface area contributed by atoms with Gasteiger partial charge in [0.15, 0.2) is 5.69 Å². The van der Waals surface area contributed by atoms with Crippen molar-refractivity contribution in [3.05, 3.63) is 65.9 Å². The van der Waals surface area contributed by atoms with Gasteiger partial charge in [0, 0.05) is 38.1 Å². The zero-order valence-electron chi connectivity index (χ0n) is 17.0. The molecule has 3 aromatic rings. The van der Waals surface area contributed by atoms with Crippen LogP contribution in [0.5, 0.6) is 0 Å². The number of rotatable bonds is 5. The summed E-state index contributed by atoms with van der Waals surface area (Å²) in [6.07, 6.45) is 3.25. The molecular weight excluding hydrogens is 399 g/mol. The maximum absolute atomic E-state index is 13.4. The Hall–Kier alpha value is -3.77. The number of nitrogens with zero attached hydrogens (tertiary/aromatic N) is 5. The first-order valence-corrected chi connectivity index (χ1v) is 9.83. The largest absolute Gasteiger partial charge is 0.377 e. The van der Waals surface area contributed by atoms with Crippen LogP contribution in [-0.2, 0) is 11.8 Å². The molecule has 158 valence electrons. The Morgan fingerprint density at radius 2 is 2.13 bits per heavy atom. The minimum Gasteiger partial charge on any atom is -0.377 e. The van der Waals surface area contributed by atoms with E-state index < -0.39 is 0 Å². The second-order valence-corrected chi connectivity index (χ2v) is 7.22. The van der Waals surface area contributed by atoms with E-state index >= 15 is 0 Å². The number of benzene rings is 1. The lowest BCUT2D eigenvalue weighted by atomic mass is 10.0. The lowest BCUT2D eigenvalue weighted by Gasteiger charge is -2.35. The SMILES string of the molecule is Cn1cc(-c2ccc(F)cc2)c(C(=O)N2CCOCC2CNc2ccc(C#N)cn2)n1. The van der Waals surface area contributed by atoms with Crippen LogP contribution in [0.1, 0.15) is 16.1 Å². The highest BCUT2D eigenvalue weighted by Crippen LogP contribution is 2.25. The predicted octanol–water partition coefficient (Wildman–Crippen LogP) is 2.45. The van der Waals surface area contributed by atoms with Crippen LogP contribution in [0.25, 0.3) is 11.1 Å². The standard InChI is InChI=1S/C22H21FN6O2/c1-28-13-19(16-3-5-17(23)6-4-16)21(27-28)22(30)29-8-9-31-14-18(29)12-26-20-7-2-15(10-24)11-25-20/h2-7,11,13,18H,8-9,12,14H2,1H3,(H,25,26). The molecule has 8 nitrogen and oxygen atoms in total. The summed E-state index contributed by atoms with van der Waals surface area (Å²) < 4.78 is 20.5. The number of nitrogens with one attached hydrogen (secondary N) is 1. The predicted molar refractivity (Wildman–Crippen MR) is 112 cm³/mol. The number of amides is 1. The average molecular weight is 420 g/mol. The van der Waals surface area contributed by atoms with Crippen LogP contribution in [0, 0.1) is 17.1 Å². The number of hydrogen-bond donors (Lipinski definition) is 1. The van der Waals surface area contributed by atoms with E-state index in [1.807, 2.05) is 6.07 Å². The summed E-state index contributed by atoms with van der Waals surface area (Å²) in [6.45, 7) is 1.69. The molecule has 31 heavy (non-hydrogen) atoms. The zero-order valence-corrected chi connectivity index (χ0v) is 17.0.